The van der Waals surface area contributed by atoms with E-state index in [1.54, 1.807) is 18.2 Å². The van der Waals surface area contributed by atoms with Crippen molar-refractivity contribution in [3.05, 3.63) is 63.6 Å². The molecule has 0 aliphatic rings. The average Bonchev–Trinajstić information content (AvgIpc) is 2.56. The van der Waals surface area contributed by atoms with E-state index in [1.165, 1.54) is 24.3 Å². The first-order chi connectivity index (χ1) is 11.3. The molecule has 0 saturated heterocycles. The van der Waals surface area contributed by atoms with E-state index < -0.39 is 17.8 Å². The van der Waals surface area contributed by atoms with Crippen LogP contribution in [0.15, 0.2) is 46.9 Å². The number of benzene rings is 2. The van der Waals surface area contributed by atoms with Crippen molar-refractivity contribution in [2.75, 3.05) is 4.31 Å². The Hall–Kier alpha value is -2.03. The first-order valence-corrected chi connectivity index (χ1v) is 7.99. The van der Waals surface area contributed by atoms with Crippen molar-refractivity contribution in [2.45, 2.75) is 6.92 Å². The van der Waals surface area contributed by atoms with E-state index in [1.807, 2.05) is 6.92 Å². The molecule has 4 amide bonds. The van der Waals surface area contributed by atoms with Gasteiger partial charge in [0.2, 0.25) is 5.91 Å². The highest BCUT2D eigenvalue weighted by Gasteiger charge is 2.17. The van der Waals surface area contributed by atoms with Gasteiger partial charge in [0.15, 0.2) is 0 Å². The van der Waals surface area contributed by atoms with E-state index in [-0.39, 0.29) is 12.4 Å². The summed E-state index contributed by atoms with van der Waals surface area (Å²) in [5.74, 6) is -1.11. The zero-order valence-corrected chi connectivity index (χ0v) is 16.3. The van der Waals surface area contributed by atoms with Gasteiger partial charge in [0.05, 0.1) is 5.69 Å². The number of hydrogen-bond acceptors (Lipinski definition) is 4. The summed E-state index contributed by atoms with van der Waals surface area (Å²) in [4.78, 5) is 35.3. The SMILES string of the molecule is Cc1cc(C(=O)NC(=O)N(S)c2ccc(C(N)=O)cc2)ccc1Br.Cl. The van der Waals surface area contributed by atoms with Gasteiger partial charge in [-0.05, 0) is 55.0 Å². The maximum absolute atomic E-state index is 12.1. The molecule has 2 aromatic carbocycles. The van der Waals surface area contributed by atoms with Crippen LogP contribution in [0.1, 0.15) is 26.3 Å². The minimum absolute atomic E-state index is 0. The molecule has 2 rings (SSSR count). The third kappa shape index (κ3) is 5.22. The number of hydrogen-bond donors (Lipinski definition) is 3. The maximum Gasteiger partial charge on any atom is 0.338 e. The standard InChI is InChI=1S/C16H14BrN3O3S.ClH/c1-9-8-11(4-7-13(9)17)15(22)19-16(23)20(24)12-5-2-10(3-6-12)14(18)21;/h2-8,24H,1H3,(H2,18,21)(H,19,22,23);1H. The number of thiol groups is 1. The van der Waals surface area contributed by atoms with E-state index in [9.17, 15) is 14.4 Å². The van der Waals surface area contributed by atoms with E-state index in [2.05, 4.69) is 34.1 Å². The molecule has 0 aliphatic heterocycles. The molecule has 0 saturated carbocycles. The van der Waals surface area contributed by atoms with Crippen molar-refractivity contribution in [1.29, 1.82) is 0 Å². The molecule has 0 radical (unpaired) electrons. The number of carbonyl (C=O) groups is 3. The van der Waals surface area contributed by atoms with Crippen LogP contribution in [0.5, 0.6) is 0 Å². The molecule has 0 aliphatic carbocycles. The quantitative estimate of drug-likeness (QED) is 0.633. The maximum atomic E-state index is 12.1. The number of primary amides is 1. The first kappa shape index (κ1) is 21.0. The number of amides is 4. The molecule has 0 heterocycles. The number of anilines is 1. The van der Waals surface area contributed by atoms with Crippen LogP contribution < -0.4 is 15.4 Å². The number of rotatable bonds is 3. The normalized spacial score (nSPS) is 9.72. The number of nitrogens with zero attached hydrogens (tertiary/aromatic N) is 1. The predicted octanol–water partition coefficient (Wildman–Crippen LogP) is 3.48. The summed E-state index contributed by atoms with van der Waals surface area (Å²) >= 11 is 7.42. The van der Waals surface area contributed by atoms with Crippen LogP contribution >= 0.6 is 41.2 Å². The smallest absolute Gasteiger partial charge is 0.338 e. The van der Waals surface area contributed by atoms with Gasteiger partial charge in [0, 0.05) is 15.6 Å². The molecule has 0 fully saturated rings. The van der Waals surface area contributed by atoms with Crippen LogP contribution in [0.25, 0.3) is 0 Å². The highest BCUT2D eigenvalue weighted by Crippen LogP contribution is 2.19. The van der Waals surface area contributed by atoms with Crippen molar-refractivity contribution in [3.63, 3.8) is 0 Å². The summed E-state index contributed by atoms with van der Waals surface area (Å²) in [6, 6.07) is 10.2. The van der Waals surface area contributed by atoms with Crippen LogP contribution in [0, 0.1) is 6.92 Å². The lowest BCUT2D eigenvalue weighted by Crippen LogP contribution is -2.38. The molecule has 0 unspecified atom stereocenters. The van der Waals surface area contributed by atoms with Gasteiger partial charge >= 0.3 is 6.03 Å². The molecule has 0 atom stereocenters. The van der Waals surface area contributed by atoms with Gasteiger partial charge in [-0.25, -0.2) is 9.10 Å². The van der Waals surface area contributed by atoms with Crippen molar-refractivity contribution in [2.24, 2.45) is 5.73 Å². The second kappa shape index (κ2) is 8.89. The summed E-state index contributed by atoms with van der Waals surface area (Å²) in [6.07, 6.45) is 0. The van der Waals surface area contributed by atoms with Gasteiger partial charge in [-0.1, -0.05) is 28.7 Å². The lowest BCUT2D eigenvalue weighted by atomic mass is 10.1. The van der Waals surface area contributed by atoms with Crippen molar-refractivity contribution < 1.29 is 14.4 Å². The lowest BCUT2D eigenvalue weighted by Gasteiger charge is -2.16. The Morgan fingerprint density at radius 1 is 1.08 bits per heavy atom. The van der Waals surface area contributed by atoms with Gasteiger partial charge in [0.25, 0.3) is 5.91 Å². The minimum atomic E-state index is -0.712. The lowest BCUT2D eigenvalue weighted by molar-refractivity contribution is 0.0964. The molecule has 132 valence electrons. The fraction of sp³-hybridized carbons (Fsp3) is 0.0625. The highest BCUT2D eigenvalue weighted by atomic mass is 79.9. The number of aryl methyl sites for hydroxylation is 1. The molecule has 6 nitrogen and oxygen atoms in total. The third-order valence-corrected chi connectivity index (χ3v) is 4.53. The van der Waals surface area contributed by atoms with Crippen LogP contribution in [0.2, 0.25) is 0 Å². The summed E-state index contributed by atoms with van der Waals surface area (Å²) in [7, 11) is 0. The van der Waals surface area contributed by atoms with Gasteiger partial charge in [0.1, 0.15) is 0 Å². The molecular formula is C16H15BrClN3O3S. The van der Waals surface area contributed by atoms with Gasteiger partial charge < -0.3 is 5.73 Å². The molecule has 0 spiro atoms. The summed E-state index contributed by atoms with van der Waals surface area (Å²) in [5, 5.41) is 2.24. The minimum Gasteiger partial charge on any atom is -0.366 e. The predicted molar refractivity (Wildman–Crippen MR) is 105 cm³/mol. The van der Waals surface area contributed by atoms with Crippen molar-refractivity contribution >= 4 is 64.7 Å². The van der Waals surface area contributed by atoms with E-state index in [4.69, 9.17) is 5.73 Å². The Labute approximate surface area is 164 Å². The zero-order valence-electron chi connectivity index (χ0n) is 13.0. The fourth-order valence-electron chi connectivity index (χ4n) is 1.89. The Balaban J connectivity index is 0.00000312. The Bertz CT molecular complexity index is 815. The van der Waals surface area contributed by atoms with Crippen molar-refractivity contribution in [1.82, 2.24) is 5.32 Å². The number of nitrogens with two attached hydrogens (primary N) is 1. The molecule has 0 bridgehead atoms. The summed E-state index contributed by atoms with van der Waals surface area (Å²) < 4.78 is 1.84. The summed E-state index contributed by atoms with van der Waals surface area (Å²) in [5.41, 5.74) is 7.08. The average molecular weight is 445 g/mol. The third-order valence-electron chi connectivity index (χ3n) is 3.23. The van der Waals surface area contributed by atoms with Gasteiger partial charge in [-0.15, -0.1) is 12.4 Å². The highest BCUT2D eigenvalue weighted by molar-refractivity contribution is 9.10. The molecule has 0 aromatic heterocycles. The molecule has 25 heavy (non-hydrogen) atoms. The van der Waals surface area contributed by atoms with Crippen LogP contribution in [-0.2, 0) is 0 Å². The fourth-order valence-corrected chi connectivity index (χ4v) is 2.32. The van der Waals surface area contributed by atoms with Crippen LogP contribution in [-0.4, -0.2) is 17.8 Å². The molecule has 9 heteroatoms. The van der Waals surface area contributed by atoms with E-state index in [0.29, 0.717) is 16.8 Å². The monoisotopic (exact) mass is 443 g/mol. The molecule has 2 aromatic rings. The number of urea groups is 1. The molecule has 3 N–H and O–H groups in total. The van der Waals surface area contributed by atoms with E-state index in [0.717, 1.165) is 14.3 Å². The largest absolute Gasteiger partial charge is 0.366 e. The zero-order chi connectivity index (χ0) is 17.9. The number of halogens is 2. The molecular weight excluding hydrogens is 430 g/mol. The van der Waals surface area contributed by atoms with Gasteiger partial charge in [-0.2, -0.15) is 0 Å². The summed E-state index contributed by atoms with van der Waals surface area (Å²) in [6.45, 7) is 1.84. The number of carbonyl (C=O) groups excluding carboxylic acids is 3. The van der Waals surface area contributed by atoms with Crippen LogP contribution in [0.3, 0.4) is 0 Å². The van der Waals surface area contributed by atoms with Crippen LogP contribution in [0.4, 0.5) is 10.5 Å². The Morgan fingerprint density at radius 2 is 1.64 bits per heavy atom. The second-order valence-electron chi connectivity index (χ2n) is 4.95. The van der Waals surface area contributed by atoms with E-state index >= 15 is 0 Å². The Morgan fingerprint density at radius 3 is 2.16 bits per heavy atom. The topological polar surface area (TPSA) is 92.5 Å². The number of imide groups is 1. The van der Waals surface area contributed by atoms with Gasteiger partial charge in [-0.3, -0.25) is 14.9 Å². The Kier molecular flexibility index (Phi) is 7.47. The number of nitrogens with one attached hydrogen (secondary N) is 1. The first-order valence-electron chi connectivity index (χ1n) is 6.80. The van der Waals surface area contributed by atoms with Crippen molar-refractivity contribution in [3.8, 4) is 0 Å². The second-order valence-corrected chi connectivity index (χ2v) is 6.20.